The van der Waals surface area contributed by atoms with Crippen LogP contribution in [0.1, 0.15) is 408 Å². The fraction of sp³-hybridized carbons (Fsp3) is 0.925. The lowest BCUT2D eigenvalue weighted by Crippen LogP contribution is -2.70. The summed E-state index contributed by atoms with van der Waals surface area (Å²) in [6.07, 6.45) is 46.1. The van der Waals surface area contributed by atoms with Gasteiger partial charge in [-0.2, -0.15) is 0 Å². The van der Waals surface area contributed by atoms with Gasteiger partial charge in [-0.3, -0.25) is 33.0 Å². The average molecular weight is 1430 g/mol. The highest BCUT2D eigenvalue weighted by molar-refractivity contribution is 7.74. The lowest BCUT2D eigenvalue weighted by atomic mass is 9.93. The lowest BCUT2D eigenvalue weighted by Gasteiger charge is -2.46. The third kappa shape index (κ3) is 55.0. The first-order chi connectivity index (χ1) is 48.2. The number of rotatable bonds is 72. The molecule has 0 aliphatic carbocycles. The number of aliphatic hydroxyl groups is 1. The molecule has 1 heterocycles. The summed E-state index contributed by atoms with van der Waals surface area (Å²) in [6, 6.07) is -2.80. The fourth-order valence-corrected chi connectivity index (χ4v) is 13.8. The van der Waals surface area contributed by atoms with Gasteiger partial charge >= 0.3 is 17.9 Å². The molecule has 1 fully saturated rings. The number of ether oxygens (including phenoxy) is 5. The van der Waals surface area contributed by atoms with Crippen LogP contribution in [0.3, 0.4) is 0 Å². The molecular formula is C80H150N3O15S-. The van der Waals surface area contributed by atoms with Gasteiger partial charge in [0.2, 0.25) is 17.7 Å². The molecule has 1 unspecified atom stereocenters. The summed E-state index contributed by atoms with van der Waals surface area (Å²) in [6.45, 7) is 12.1. The average Bonchev–Trinajstić information content (AvgIpc) is 0.787. The van der Waals surface area contributed by atoms with Gasteiger partial charge in [-0.1, -0.05) is 311 Å². The van der Waals surface area contributed by atoms with Crippen molar-refractivity contribution in [3.8, 4) is 0 Å². The van der Waals surface area contributed by atoms with Crippen molar-refractivity contribution in [2.24, 2.45) is 0 Å². The van der Waals surface area contributed by atoms with Gasteiger partial charge in [0.15, 0.2) is 6.29 Å². The standard InChI is InChI=1S/C80H151N3O15S/c1-7-13-19-25-31-34-40-43-49-55-67(94-74(88)58-52-46-37-28-22-16-10-4)63-71(85)81-61-62-93-80-78(83-73(87)65-69(57-51-45-42-36-33-27-21-15-9-3)96-76(90)60-54-48-39-30-24-18-12-6)77(79(98-99(91)92)70(66-84)97-80)82-72(86)64-68(56-50-44-41-35-32-26-20-14-8-2)95-75(89)59-53-47-38-29-23-17-11-5/h67-70,77-80,84H,7-66H2,1-6H3,(H,81,85)(H,82,86)(H,83,87)(H,91,92)/p-1/t67-,68-,69-,70-,77+,78-,79-,80-/m1/s1. The van der Waals surface area contributed by atoms with E-state index in [1.54, 1.807) is 0 Å². The van der Waals surface area contributed by atoms with Crippen LogP contribution >= 0.6 is 0 Å². The van der Waals surface area contributed by atoms with E-state index in [0.717, 1.165) is 173 Å². The maximum absolute atomic E-state index is 14.7. The van der Waals surface area contributed by atoms with Gasteiger partial charge in [-0.25, -0.2) is 4.21 Å². The number of aliphatic hydroxyl groups excluding tert-OH is 1. The molecule has 1 aliphatic rings. The predicted molar refractivity (Wildman–Crippen MR) is 399 cm³/mol. The van der Waals surface area contributed by atoms with Crippen molar-refractivity contribution in [2.75, 3.05) is 19.8 Å². The topological polar surface area (TPSA) is 254 Å². The minimum Gasteiger partial charge on any atom is -0.750 e. The first-order valence-electron chi connectivity index (χ1n) is 41.3. The maximum atomic E-state index is 14.7. The van der Waals surface area contributed by atoms with E-state index in [4.69, 9.17) is 27.9 Å². The Bertz CT molecular complexity index is 1970. The van der Waals surface area contributed by atoms with Crippen LogP contribution in [0.2, 0.25) is 0 Å². The van der Waals surface area contributed by atoms with E-state index in [1.165, 1.54) is 116 Å². The summed E-state index contributed by atoms with van der Waals surface area (Å²) < 4.78 is 61.6. The van der Waals surface area contributed by atoms with Crippen molar-refractivity contribution in [1.82, 2.24) is 16.0 Å². The molecule has 0 aromatic carbocycles. The Morgan fingerprint density at radius 2 is 0.667 bits per heavy atom. The van der Waals surface area contributed by atoms with Crippen molar-refractivity contribution in [1.29, 1.82) is 0 Å². The molecule has 0 bridgehead atoms. The Morgan fingerprint density at radius 1 is 0.394 bits per heavy atom. The second-order valence-electron chi connectivity index (χ2n) is 28.8. The Kier molecular flexibility index (Phi) is 64.3. The molecule has 0 radical (unpaired) electrons. The molecule has 0 aromatic heterocycles. The van der Waals surface area contributed by atoms with Crippen LogP contribution in [0.15, 0.2) is 0 Å². The van der Waals surface area contributed by atoms with Crippen LogP contribution in [0.4, 0.5) is 0 Å². The maximum Gasteiger partial charge on any atom is 0.306 e. The molecule has 9 atom stereocenters. The summed E-state index contributed by atoms with van der Waals surface area (Å²) in [5, 5.41) is 19.7. The van der Waals surface area contributed by atoms with Crippen molar-refractivity contribution in [3.05, 3.63) is 0 Å². The van der Waals surface area contributed by atoms with Gasteiger partial charge in [0.25, 0.3) is 0 Å². The Morgan fingerprint density at radius 3 is 0.960 bits per heavy atom. The van der Waals surface area contributed by atoms with E-state index in [1.807, 2.05) is 0 Å². The second kappa shape index (κ2) is 67.9. The molecule has 1 aliphatic heterocycles. The highest BCUT2D eigenvalue weighted by atomic mass is 32.2. The third-order valence-corrected chi connectivity index (χ3v) is 19.8. The van der Waals surface area contributed by atoms with Crippen LogP contribution in [0.25, 0.3) is 0 Å². The predicted octanol–water partition coefficient (Wildman–Crippen LogP) is 19.1. The van der Waals surface area contributed by atoms with Gasteiger partial charge in [-0.05, 0) is 57.8 Å². The normalized spacial score (nSPS) is 17.4. The number of carbonyl (C=O) groups is 6. The van der Waals surface area contributed by atoms with Gasteiger partial charge in [-0.15, -0.1) is 0 Å². The smallest absolute Gasteiger partial charge is 0.306 e. The molecular weight excluding hydrogens is 1270 g/mol. The molecule has 1 rings (SSSR count). The van der Waals surface area contributed by atoms with Crippen molar-refractivity contribution >= 4 is 47.0 Å². The SMILES string of the molecule is CCCCCCCCCCC[C@H](CC(=O)NCCO[C@@H]1O[C@H](CO)[C@@H](OS(=O)[O-])[C@@H](NC(=O)C[C@@H](CCCCCCCCCCC)OC(=O)CCCCCCCCC)[C@H]1NC(=O)C[C@@H](CCCCCCCCCCC)OC(=O)CCCCCCCCC)OC(=O)CCCCCCCCC. The lowest BCUT2D eigenvalue weighted by molar-refractivity contribution is -0.245. The number of amides is 3. The summed E-state index contributed by atoms with van der Waals surface area (Å²) >= 11 is -3.21. The van der Waals surface area contributed by atoms with E-state index in [-0.39, 0.29) is 63.1 Å². The van der Waals surface area contributed by atoms with Crippen LogP contribution < -0.4 is 16.0 Å². The van der Waals surface area contributed by atoms with E-state index >= 15 is 0 Å². The van der Waals surface area contributed by atoms with Crippen molar-refractivity contribution in [2.45, 2.75) is 456 Å². The van der Waals surface area contributed by atoms with E-state index in [2.05, 4.69) is 57.5 Å². The first-order valence-corrected chi connectivity index (χ1v) is 42.3. The molecule has 3 amide bonds. The summed E-state index contributed by atoms with van der Waals surface area (Å²) in [7, 11) is 0. The molecule has 19 heteroatoms. The summed E-state index contributed by atoms with van der Waals surface area (Å²) in [5.41, 5.74) is 0. The zero-order valence-electron chi connectivity index (χ0n) is 64.1. The molecule has 0 saturated carbocycles. The highest BCUT2D eigenvalue weighted by Gasteiger charge is 2.49. The molecule has 99 heavy (non-hydrogen) atoms. The zero-order chi connectivity index (χ0) is 72.5. The summed E-state index contributed by atoms with van der Waals surface area (Å²) in [5.74, 6) is -2.67. The minimum atomic E-state index is -3.21. The number of nitrogens with one attached hydrogen (secondary N) is 3. The second-order valence-corrected chi connectivity index (χ2v) is 29.4. The monoisotopic (exact) mass is 1430 g/mol. The number of carbonyl (C=O) groups excluding carboxylic acids is 6. The Labute approximate surface area is 606 Å². The molecule has 0 spiro atoms. The van der Waals surface area contributed by atoms with Gasteiger partial charge in [0.1, 0.15) is 36.6 Å². The number of esters is 3. The van der Waals surface area contributed by atoms with E-state index in [9.17, 15) is 42.6 Å². The van der Waals surface area contributed by atoms with Gasteiger partial charge < -0.3 is 49.3 Å². The van der Waals surface area contributed by atoms with Crippen LogP contribution in [-0.4, -0.2) is 118 Å². The Hall–Kier alpha value is -3.23. The third-order valence-electron chi connectivity index (χ3n) is 19.4. The van der Waals surface area contributed by atoms with Crippen LogP contribution in [-0.2, 0) is 68.0 Å². The quantitative estimate of drug-likeness (QED) is 0.0191. The van der Waals surface area contributed by atoms with Gasteiger partial charge in [0, 0.05) is 25.8 Å². The fourth-order valence-electron chi connectivity index (χ4n) is 13.4. The summed E-state index contributed by atoms with van der Waals surface area (Å²) in [4.78, 5) is 83.5. The van der Waals surface area contributed by atoms with E-state index < -0.39 is 84.6 Å². The highest BCUT2D eigenvalue weighted by Crippen LogP contribution is 2.28. The van der Waals surface area contributed by atoms with Crippen molar-refractivity contribution in [3.63, 3.8) is 0 Å². The number of hydrogen-bond acceptors (Lipinski definition) is 15. The van der Waals surface area contributed by atoms with Gasteiger partial charge in [0.05, 0.1) is 49.9 Å². The zero-order valence-corrected chi connectivity index (χ0v) is 64.9. The minimum absolute atomic E-state index is 0.0528. The van der Waals surface area contributed by atoms with E-state index in [0.29, 0.717) is 44.9 Å². The molecule has 582 valence electrons. The first kappa shape index (κ1) is 93.8. The molecule has 4 N–H and O–H groups in total. The molecule has 18 nitrogen and oxygen atoms in total. The molecule has 0 aromatic rings. The van der Waals surface area contributed by atoms with Crippen LogP contribution in [0.5, 0.6) is 0 Å². The van der Waals surface area contributed by atoms with Crippen LogP contribution in [0, 0.1) is 0 Å². The number of unbranched alkanes of at least 4 members (excludes halogenated alkanes) is 42. The number of hydrogen-bond donors (Lipinski definition) is 4. The van der Waals surface area contributed by atoms with Crippen molar-refractivity contribution < 1.29 is 70.5 Å². The Balaban J connectivity index is 3.65. The molecule has 1 saturated heterocycles. The largest absolute Gasteiger partial charge is 0.750 e.